The van der Waals surface area contributed by atoms with Gasteiger partial charge in [0, 0.05) is 18.6 Å². The summed E-state index contributed by atoms with van der Waals surface area (Å²) in [5.41, 5.74) is 1.43. The number of carboxylic acid groups (broad SMARTS) is 1. The highest BCUT2D eigenvalue weighted by Gasteiger charge is 2.16. The number of nitrogens with zero attached hydrogens (tertiary/aromatic N) is 2. The minimum absolute atomic E-state index is 0.573. The van der Waals surface area contributed by atoms with Gasteiger partial charge in [-0.05, 0) is 31.0 Å². The highest BCUT2D eigenvalue weighted by molar-refractivity contribution is 7.07. The lowest BCUT2D eigenvalue weighted by molar-refractivity contribution is -0.138. The minimum Gasteiger partial charge on any atom is -0.491 e. The van der Waals surface area contributed by atoms with E-state index in [1.807, 2.05) is 36.2 Å². The molecule has 1 aromatic heterocycles. The summed E-state index contributed by atoms with van der Waals surface area (Å²) in [6.07, 6.45) is 2.82. The first-order valence-corrected chi connectivity index (χ1v) is 8.05. The van der Waals surface area contributed by atoms with E-state index in [-0.39, 0.29) is 0 Å². The highest BCUT2D eigenvalue weighted by atomic mass is 32.1. The Morgan fingerprint density at radius 3 is 2.86 bits per heavy atom. The van der Waals surface area contributed by atoms with Crippen molar-refractivity contribution in [2.45, 2.75) is 26.2 Å². The second-order valence-corrected chi connectivity index (χ2v) is 5.92. The Kier molecular flexibility index (Phi) is 5.38. The fourth-order valence-electron chi connectivity index (χ4n) is 1.90. The molecule has 0 amide bonds. The van der Waals surface area contributed by atoms with Gasteiger partial charge in [-0.3, -0.25) is 4.79 Å². The molecule has 118 valence electrons. The third kappa shape index (κ3) is 3.76. The van der Waals surface area contributed by atoms with Crippen LogP contribution in [0.4, 0.5) is 5.69 Å². The number of hydrogen-bond donors (Lipinski definition) is 1. The monoisotopic (exact) mass is 320 g/mol. The summed E-state index contributed by atoms with van der Waals surface area (Å²) >= 11 is 1.54. The molecular weight excluding hydrogens is 300 g/mol. The number of rotatable bonds is 6. The zero-order valence-corrected chi connectivity index (χ0v) is 13.8. The van der Waals surface area contributed by atoms with Crippen molar-refractivity contribution < 1.29 is 14.6 Å². The molecule has 1 unspecified atom stereocenters. The van der Waals surface area contributed by atoms with Crippen LogP contribution in [0.5, 0.6) is 5.75 Å². The maximum atomic E-state index is 11.1. The molecule has 1 atom stereocenters. The number of thiazole rings is 1. The molecular formula is C16H20N2O3S. The summed E-state index contributed by atoms with van der Waals surface area (Å²) in [6, 6.07) is 5.39. The van der Waals surface area contributed by atoms with E-state index in [2.05, 4.69) is 4.99 Å². The molecule has 0 radical (unpaired) electrons. The minimum atomic E-state index is -0.851. The van der Waals surface area contributed by atoms with Gasteiger partial charge < -0.3 is 14.4 Å². The van der Waals surface area contributed by atoms with Crippen LogP contribution in [-0.2, 0) is 11.8 Å². The van der Waals surface area contributed by atoms with Crippen LogP contribution in [0.15, 0.2) is 34.8 Å². The van der Waals surface area contributed by atoms with Crippen molar-refractivity contribution in [2.75, 3.05) is 6.61 Å². The largest absolute Gasteiger partial charge is 0.491 e. The predicted molar refractivity (Wildman–Crippen MR) is 86.8 cm³/mol. The first kappa shape index (κ1) is 16.3. The fraction of sp³-hybridized carbons (Fsp3) is 0.375. The van der Waals surface area contributed by atoms with Crippen LogP contribution in [0.2, 0.25) is 0 Å². The lowest BCUT2D eigenvalue weighted by Gasteiger charge is -2.12. The SMILES string of the molecule is CCCOc1cc(C(C)C(=O)O)ccc1N=c1sccn1C. The van der Waals surface area contributed by atoms with Crippen molar-refractivity contribution in [1.82, 2.24) is 4.57 Å². The number of hydrogen-bond acceptors (Lipinski definition) is 4. The summed E-state index contributed by atoms with van der Waals surface area (Å²) in [4.78, 5) is 16.6. The number of aromatic nitrogens is 1. The van der Waals surface area contributed by atoms with Crippen molar-refractivity contribution in [1.29, 1.82) is 0 Å². The number of aryl methyl sites for hydroxylation is 1. The van der Waals surface area contributed by atoms with Gasteiger partial charge in [-0.1, -0.05) is 13.0 Å². The van der Waals surface area contributed by atoms with Crippen LogP contribution in [0.1, 0.15) is 31.7 Å². The van der Waals surface area contributed by atoms with Gasteiger partial charge in [-0.2, -0.15) is 0 Å². The quantitative estimate of drug-likeness (QED) is 0.888. The molecule has 6 heteroatoms. The Labute approximate surface area is 133 Å². The van der Waals surface area contributed by atoms with Crippen LogP contribution >= 0.6 is 11.3 Å². The van der Waals surface area contributed by atoms with E-state index in [0.717, 1.165) is 11.2 Å². The average molecular weight is 320 g/mol. The predicted octanol–water partition coefficient (Wildman–Crippen LogP) is 3.30. The average Bonchev–Trinajstić information content (AvgIpc) is 2.90. The molecule has 1 heterocycles. The number of aliphatic carboxylic acids is 1. The number of carbonyl (C=O) groups is 1. The van der Waals surface area contributed by atoms with E-state index >= 15 is 0 Å². The van der Waals surface area contributed by atoms with Gasteiger partial charge >= 0.3 is 5.97 Å². The van der Waals surface area contributed by atoms with Gasteiger partial charge in [0.1, 0.15) is 11.4 Å². The smallest absolute Gasteiger partial charge is 0.310 e. The van der Waals surface area contributed by atoms with Gasteiger partial charge in [0.15, 0.2) is 4.80 Å². The van der Waals surface area contributed by atoms with E-state index in [9.17, 15) is 4.79 Å². The summed E-state index contributed by atoms with van der Waals surface area (Å²) in [7, 11) is 1.93. The standard InChI is InChI=1S/C16H20N2O3S/c1-4-8-21-14-10-12(11(2)15(19)20)5-6-13(14)17-16-18(3)7-9-22-16/h5-7,9-11H,4,8H2,1-3H3,(H,19,20). The van der Waals surface area contributed by atoms with Gasteiger partial charge in [-0.15, -0.1) is 11.3 Å². The normalized spacial score (nSPS) is 13.1. The number of ether oxygens (including phenoxy) is 1. The fourth-order valence-corrected chi connectivity index (χ4v) is 2.64. The lowest BCUT2D eigenvalue weighted by Crippen LogP contribution is -2.09. The molecule has 0 aliphatic heterocycles. The van der Waals surface area contributed by atoms with Crippen molar-refractivity contribution in [2.24, 2.45) is 12.0 Å². The first-order chi connectivity index (χ1) is 10.5. The van der Waals surface area contributed by atoms with Crippen LogP contribution in [0.3, 0.4) is 0 Å². The Morgan fingerprint density at radius 1 is 1.50 bits per heavy atom. The maximum absolute atomic E-state index is 11.1. The van der Waals surface area contributed by atoms with E-state index in [0.29, 0.717) is 23.6 Å². The second kappa shape index (κ2) is 7.26. The molecule has 2 aromatic rings. The summed E-state index contributed by atoms with van der Waals surface area (Å²) < 4.78 is 7.69. The van der Waals surface area contributed by atoms with E-state index < -0.39 is 11.9 Å². The molecule has 0 aliphatic carbocycles. The van der Waals surface area contributed by atoms with Gasteiger partial charge in [-0.25, -0.2) is 4.99 Å². The topological polar surface area (TPSA) is 63.8 Å². The molecule has 1 aromatic carbocycles. The van der Waals surface area contributed by atoms with Crippen LogP contribution in [0, 0.1) is 0 Å². The van der Waals surface area contributed by atoms with Crippen LogP contribution < -0.4 is 9.54 Å². The highest BCUT2D eigenvalue weighted by Crippen LogP contribution is 2.31. The van der Waals surface area contributed by atoms with Crippen molar-refractivity contribution >= 4 is 23.0 Å². The summed E-state index contributed by atoms with van der Waals surface area (Å²) in [5, 5.41) is 11.1. The van der Waals surface area contributed by atoms with Crippen molar-refractivity contribution in [3.8, 4) is 5.75 Å². The molecule has 0 saturated heterocycles. The molecule has 0 spiro atoms. The Morgan fingerprint density at radius 2 is 2.27 bits per heavy atom. The first-order valence-electron chi connectivity index (χ1n) is 7.17. The molecule has 0 bridgehead atoms. The molecule has 0 saturated carbocycles. The lowest BCUT2D eigenvalue weighted by atomic mass is 10.0. The summed E-state index contributed by atoms with van der Waals surface area (Å²) in [5.74, 6) is -0.799. The molecule has 5 nitrogen and oxygen atoms in total. The third-order valence-corrected chi connectivity index (χ3v) is 4.14. The van der Waals surface area contributed by atoms with Crippen molar-refractivity contribution in [3.05, 3.63) is 40.1 Å². The van der Waals surface area contributed by atoms with Crippen LogP contribution in [0.25, 0.3) is 0 Å². The molecule has 0 fully saturated rings. The zero-order chi connectivity index (χ0) is 16.1. The van der Waals surface area contributed by atoms with E-state index in [4.69, 9.17) is 9.84 Å². The third-order valence-electron chi connectivity index (χ3n) is 3.29. The van der Waals surface area contributed by atoms with Gasteiger partial charge in [0.05, 0.1) is 12.5 Å². The number of carboxylic acids is 1. The Bertz CT molecular complexity index is 718. The Hall–Kier alpha value is -2.08. The molecule has 0 aliphatic rings. The van der Waals surface area contributed by atoms with E-state index in [1.54, 1.807) is 19.1 Å². The van der Waals surface area contributed by atoms with E-state index in [1.165, 1.54) is 11.3 Å². The van der Waals surface area contributed by atoms with Crippen LogP contribution in [-0.4, -0.2) is 22.2 Å². The maximum Gasteiger partial charge on any atom is 0.310 e. The summed E-state index contributed by atoms with van der Waals surface area (Å²) in [6.45, 7) is 4.27. The zero-order valence-electron chi connectivity index (χ0n) is 12.9. The van der Waals surface area contributed by atoms with Gasteiger partial charge in [0.25, 0.3) is 0 Å². The molecule has 22 heavy (non-hydrogen) atoms. The second-order valence-electron chi connectivity index (χ2n) is 5.04. The molecule has 1 N–H and O–H groups in total. The molecule has 2 rings (SSSR count). The Balaban J connectivity index is 2.45. The van der Waals surface area contributed by atoms with Gasteiger partial charge in [0.2, 0.25) is 0 Å². The van der Waals surface area contributed by atoms with Crippen molar-refractivity contribution in [3.63, 3.8) is 0 Å². The number of benzene rings is 1.